The third-order valence-corrected chi connectivity index (χ3v) is 6.03. The molecule has 24 heavy (non-hydrogen) atoms. The van der Waals surface area contributed by atoms with Crippen molar-refractivity contribution in [2.75, 3.05) is 11.0 Å². The fourth-order valence-corrected chi connectivity index (χ4v) is 4.00. The summed E-state index contributed by atoms with van der Waals surface area (Å²) >= 11 is 1.55. The lowest BCUT2D eigenvalue weighted by atomic mass is 10.3. The number of thioether (sulfide) groups is 1. The van der Waals surface area contributed by atoms with Crippen molar-refractivity contribution in [3.8, 4) is 0 Å². The van der Waals surface area contributed by atoms with Crippen LogP contribution in [0.15, 0.2) is 57.1 Å². The molecule has 3 rings (SSSR count). The summed E-state index contributed by atoms with van der Waals surface area (Å²) in [4.78, 5) is 13.1. The van der Waals surface area contributed by atoms with Crippen molar-refractivity contribution >= 4 is 38.5 Å². The summed E-state index contributed by atoms with van der Waals surface area (Å²) < 4.78 is 30.6. The Balaban J connectivity index is 1.98. The van der Waals surface area contributed by atoms with Crippen molar-refractivity contribution in [1.29, 1.82) is 0 Å². The molecule has 126 valence electrons. The average molecular weight is 363 g/mol. The first kappa shape index (κ1) is 16.7. The number of aromatic nitrogens is 2. The number of nitrogens with zero attached hydrogens (tertiary/aromatic N) is 2. The predicted molar refractivity (Wildman–Crippen MR) is 97.2 cm³/mol. The Morgan fingerprint density at radius 3 is 2.21 bits per heavy atom. The van der Waals surface area contributed by atoms with Crippen LogP contribution in [0.5, 0.6) is 0 Å². The molecule has 0 aliphatic heterocycles. The molecule has 0 saturated carbocycles. The summed E-state index contributed by atoms with van der Waals surface area (Å²) in [5.41, 5.74) is 1.67. The van der Waals surface area contributed by atoms with Crippen LogP contribution in [0.4, 0.5) is 5.69 Å². The van der Waals surface area contributed by atoms with Crippen LogP contribution < -0.4 is 10.4 Å². The molecule has 3 aromatic rings. The fraction of sp³-hybridized carbons (Fsp3) is 0.188. The van der Waals surface area contributed by atoms with E-state index in [4.69, 9.17) is 0 Å². The van der Waals surface area contributed by atoms with Gasteiger partial charge in [-0.1, -0.05) is 0 Å². The molecule has 1 N–H and O–H groups in total. The van der Waals surface area contributed by atoms with Crippen LogP contribution in [-0.4, -0.2) is 23.8 Å². The van der Waals surface area contributed by atoms with Gasteiger partial charge in [0.1, 0.15) is 0 Å². The zero-order valence-corrected chi connectivity index (χ0v) is 15.1. The molecule has 2 aromatic carbocycles. The second-order valence-corrected chi connectivity index (χ2v) is 7.95. The maximum Gasteiger partial charge on any atom is 0.328 e. The number of imidazole rings is 1. The third kappa shape index (κ3) is 2.83. The molecule has 8 heteroatoms. The van der Waals surface area contributed by atoms with Gasteiger partial charge >= 0.3 is 5.69 Å². The molecule has 0 spiro atoms. The van der Waals surface area contributed by atoms with E-state index in [1.165, 1.54) is 9.13 Å². The molecule has 6 nitrogen and oxygen atoms in total. The minimum absolute atomic E-state index is 0.155. The van der Waals surface area contributed by atoms with Gasteiger partial charge in [0.25, 0.3) is 10.0 Å². The van der Waals surface area contributed by atoms with Gasteiger partial charge in [-0.25, -0.2) is 13.2 Å². The van der Waals surface area contributed by atoms with E-state index in [0.717, 1.165) is 10.4 Å². The van der Waals surface area contributed by atoms with E-state index in [2.05, 4.69) is 4.72 Å². The highest BCUT2D eigenvalue weighted by atomic mass is 32.2. The van der Waals surface area contributed by atoms with Crippen LogP contribution in [0.1, 0.15) is 0 Å². The highest BCUT2D eigenvalue weighted by Crippen LogP contribution is 2.22. The highest BCUT2D eigenvalue weighted by Gasteiger charge is 2.15. The number of sulfonamides is 1. The van der Waals surface area contributed by atoms with Gasteiger partial charge in [0, 0.05) is 19.0 Å². The van der Waals surface area contributed by atoms with Crippen LogP contribution in [0.3, 0.4) is 0 Å². The van der Waals surface area contributed by atoms with Gasteiger partial charge in [-0.15, -0.1) is 11.8 Å². The van der Waals surface area contributed by atoms with Crippen LogP contribution in [0.25, 0.3) is 11.0 Å². The van der Waals surface area contributed by atoms with Gasteiger partial charge < -0.3 is 0 Å². The number of fused-ring (bicyclic) bond motifs is 1. The van der Waals surface area contributed by atoms with Crippen molar-refractivity contribution < 1.29 is 8.42 Å². The lowest BCUT2D eigenvalue weighted by Crippen LogP contribution is -2.19. The van der Waals surface area contributed by atoms with Crippen molar-refractivity contribution in [3.05, 3.63) is 52.9 Å². The van der Waals surface area contributed by atoms with Crippen LogP contribution >= 0.6 is 11.8 Å². The molecule has 0 atom stereocenters. The van der Waals surface area contributed by atoms with E-state index in [1.54, 1.807) is 68.3 Å². The molecule has 1 heterocycles. The molecule has 1 aromatic heterocycles. The monoisotopic (exact) mass is 363 g/mol. The second-order valence-electron chi connectivity index (χ2n) is 5.39. The van der Waals surface area contributed by atoms with Crippen molar-refractivity contribution in [1.82, 2.24) is 9.13 Å². The first-order valence-electron chi connectivity index (χ1n) is 7.16. The van der Waals surface area contributed by atoms with Crippen LogP contribution in [-0.2, 0) is 24.1 Å². The zero-order chi connectivity index (χ0) is 17.5. The Kier molecular flexibility index (Phi) is 4.18. The smallest absolute Gasteiger partial charge is 0.295 e. The van der Waals surface area contributed by atoms with E-state index < -0.39 is 10.0 Å². The minimum atomic E-state index is -3.68. The van der Waals surface area contributed by atoms with Crippen LogP contribution in [0.2, 0.25) is 0 Å². The number of rotatable bonds is 4. The number of hydrogen-bond acceptors (Lipinski definition) is 4. The maximum absolute atomic E-state index is 12.5. The minimum Gasteiger partial charge on any atom is -0.295 e. The summed E-state index contributed by atoms with van der Waals surface area (Å²) in [6, 6.07) is 11.7. The average Bonchev–Trinajstić information content (AvgIpc) is 2.79. The summed E-state index contributed by atoms with van der Waals surface area (Å²) in [5.74, 6) is 0. The summed E-state index contributed by atoms with van der Waals surface area (Å²) in [7, 11) is -0.337. The van der Waals surface area contributed by atoms with Crippen molar-refractivity contribution in [3.63, 3.8) is 0 Å². The lowest BCUT2D eigenvalue weighted by molar-refractivity contribution is 0.601. The quantitative estimate of drug-likeness (QED) is 0.723. The molecule has 0 aliphatic carbocycles. The van der Waals surface area contributed by atoms with E-state index in [1.807, 2.05) is 6.26 Å². The van der Waals surface area contributed by atoms with Crippen molar-refractivity contribution in [2.24, 2.45) is 14.1 Å². The van der Waals surface area contributed by atoms with Crippen LogP contribution in [0, 0.1) is 0 Å². The second kappa shape index (κ2) is 6.03. The Morgan fingerprint density at radius 2 is 1.58 bits per heavy atom. The molecule has 0 amide bonds. The van der Waals surface area contributed by atoms with Crippen molar-refractivity contribution in [2.45, 2.75) is 9.79 Å². The Bertz CT molecular complexity index is 1060. The Hall–Kier alpha value is -2.19. The van der Waals surface area contributed by atoms with Gasteiger partial charge in [0.2, 0.25) is 0 Å². The molecule has 0 saturated heterocycles. The topological polar surface area (TPSA) is 73.1 Å². The van der Waals surface area contributed by atoms with Gasteiger partial charge in [-0.3, -0.25) is 13.9 Å². The predicted octanol–water partition coefficient (Wildman–Crippen LogP) is 2.40. The van der Waals surface area contributed by atoms with Gasteiger partial charge in [0.15, 0.2) is 0 Å². The summed E-state index contributed by atoms with van der Waals surface area (Å²) in [6.07, 6.45) is 1.93. The standard InChI is InChI=1S/C16H17N3O3S2/c1-18-14-9-4-11(10-15(14)19(2)16(18)20)17-24(21,22)13-7-5-12(23-3)6-8-13/h4-10,17H,1-3H3. The summed E-state index contributed by atoms with van der Waals surface area (Å²) in [5, 5.41) is 0. The third-order valence-electron chi connectivity index (χ3n) is 3.89. The number of benzene rings is 2. The number of hydrogen-bond donors (Lipinski definition) is 1. The molecule has 0 radical (unpaired) electrons. The molecule has 0 bridgehead atoms. The summed E-state index contributed by atoms with van der Waals surface area (Å²) in [6.45, 7) is 0. The van der Waals surface area contributed by atoms with E-state index in [0.29, 0.717) is 11.2 Å². The Labute approximate surface area is 144 Å². The maximum atomic E-state index is 12.5. The van der Waals surface area contributed by atoms with Gasteiger partial charge in [-0.05, 0) is 48.7 Å². The van der Waals surface area contributed by atoms with E-state index in [9.17, 15) is 13.2 Å². The first-order valence-corrected chi connectivity index (χ1v) is 9.86. The number of anilines is 1. The fourth-order valence-electron chi connectivity index (χ4n) is 2.54. The van der Waals surface area contributed by atoms with Gasteiger partial charge in [0.05, 0.1) is 21.6 Å². The largest absolute Gasteiger partial charge is 0.328 e. The Morgan fingerprint density at radius 1 is 0.958 bits per heavy atom. The molecular formula is C16H17N3O3S2. The number of nitrogens with one attached hydrogen (secondary N) is 1. The normalized spacial score (nSPS) is 11.8. The molecule has 0 unspecified atom stereocenters. The zero-order valence-electron chi connectivity index (χ0n) is 13.5. The highest BCUT2D eigenvalue weighted by molar-refractivity contribution is 7.98. The van der Waals surface area contributed by atoms with E-state index >= 15 is 0 Å². The SMILES string of the molecule is CSc1ccc(S(=O)(=O)Nc2ccc3c(c2)n(C)c(=O)n3C)cc1. The van der Waals surface area contributed by atoms with E-state index in [-0.39, 0.29) is 10.6 Å². The lowest BCUT2D eigenvalue weighted by Gasteiger charge is -2.09. The molecular weight excluding hydrogens is 346 g/mol. The van der Waals surface area contributed by atoms with Gasteiger partial charge in [-0.2, -0.15) is 0 Å². The number of aryl methyl sites for hydroxylation is 2. The first-order chi connectivity index (χ1) is 11.3. The molecule has 0 fully saturated rings. The molecule has 0 aliphatic rings.